The summed E-state index contributed by atoms with van der Waals surface area (Å²) >= 11 is 0. The molecule has 0 spiro atoms. The number of para-hydroxylation sites is 1. The number of hydrogen-bond acceptors (Lipinski definition) is 5. The van der Waals surface area contributed by atoms with E-state index >= 15 is 0 Å². The first-order chi connectivity index (χ1) is 13.2. The lowest BCUT2D eigenvalue weighted by Crippen LogP contribution is -2.14. The molecule has 1 N–H and O–H groups in total. The molecule has 1 amide bonds. The van der Waals surface area contributed by atoms with Crippen molar-refractivity contribution in [3.63, 3.8) is 0 Å². The fourth-order valence-corrected chi connectivity index (χ4v) is 2.62. The van der Waals surface area contributed by atoms with Crippen molar-refractivity contribution in [3.8, 4) is 17.0 Å². The van der Waals surface area contributed by atoms with Crippen molar-refractivity contribution in [2.45, 2.75) is 0 Å². The van der Waals surface area contributed by atoms with Crippen LogP contribution in [-0.2, 0) is 4.84 Å². The van der Waals surface area contributed by atoms with Crippen LogP contribution >= 0.6 is 0 Å². The minimum absolute atomic E-state index is 0.281. The van der Waals surface area contributed by atoms with Gasteiger partial charge in [0.25, 0.3) is 5.91 Å². The van der Waals surface area contributed by atoms with E-state index in [1.165, 1.54) is 14.2 Å². The molecule has 0 atom stereocenters. The van der Waals surface area contributed by atoms with Crippen molar-refractivity contribution in [2.75, 3.05) is 19.5 Å². The van der Waals surface area contributed by atoms with Crippen molar-refractivity contribution in [3.05, 3.63) is 78.0 Å². The van der Waals surface area contributed by atoms with E-state index in [9.17, 15) is 4.79 Å². The van der Waals surface area contributed by atoms with Gasteiger partial charge in [-0.05, 0) is 29.3 Å². The number of benzene rings is 2. The number of nitrogens with zero attached hydrogens (tertiary/aromatic N) is 2. The smallest absolute Gasteiger partial charge is 0.261 e. The summed E-state index contributed by atoms with van der Waals surface area (Å²) in [6, 6.07) is 18.8. The summed E-state index contributed by atoms with van der Waals surface area (Å²) in [7, 11) is 2.99. The standard InChI is InChI=1S/C21H19N3O3/c1-26-21-18(7-5-13-22-21)20(25)24-19-8-4-3-6-17(19)16-11-9-15(10-12-16)14-23-27-2/h3-14H,1-2H3,(H,24,25)/b23-14+. The largest absolute Gasteiger partial charge is 0.480 e. The normalized spacial score (nSPS) is 10.6. The summed E-state index contributed by atoms with van der Waals surface area (Å²) in [5, 5.41) is 6.70. The number of pyridine rings is 1. The first-order valence-electron chi connectivity index (χ1n) is 8.29. The number of rotatable bonds is 6. The van der Waals surface area contributed by atoms with Gasteiger partial charge in [-0.2, -0.15) is 0 Å². The number of methoxy groups -OCH3 is 1. The van der Waals surface area contributed by atoms with Crippen molar-refractivity contribution in [2.24, 2.45) is 5.16 Å². The third-order valence-corrected chi connectivity index (χ3v) is 3.91. The zero-order valence-electron chi connectivity index (χ0n) is 15.0. The molecule has 3 rings (SSSR count). The van der Waals surface area contributed by atoms with E-state index in [-0.39, 0.29) is 11.8 Å². The molecule has 0 aliphatic rings. The van der Waals surface area contributed by atoms with Gasteiger partial charge >= 0.3 is 0 Å². The molecule has 3 aromatic rings. The van der Waals surface area contributed by atoms with Gasteiger partial charge < -0.3 is 14.9 Å². The zero-order chi connectivity index (χ0) is 19.1. The average Bonchev–Trinajstić information content (AvgIpc) is 2.73. The summed E-state index contributed by atoms with van der Waals surface area (Å²) in [6.45, 7) is 0. The summed E-state index contributed by atoms with van der Waals surface area (Å²) in [5.41, 5.74) is 3.87. The first kappa shape index (κ1) is 18.1. The Morgan fingerprint density at radius 3 is 2.56 bits per heavy atom. The molecule has 136 valence electrons. The van der Waals surface area contributed by atoms with Crippen LogP contribution in [0.4, 0.5) is 5.69 Å². The number of amides is 1. The number of ether oxygens (including phenoxy) is 1. The summed E-state index contributed by atoms with van der Waals surface area (Å²) in [4.78, 5) is 21.4. The number of anilines is 1. The van der Waals surface area contributed by atoms with Crippen LogP contribution < -0.4 is 10.1 Å². The van der Waals surface area contributed by atoms with Crippen molar-refractivity contribution in [1.82, 2.24) is 4.98 Å². The van der Waals surface area contributed by atoms with E-state index in [1.54, 1.807) is 24.5 Å². The second-order valence-corrected chi connectivity index (χ2v) is 5.60. The predicted octanol–water partition coefficient (Wildman–Crippen LogP) is 3.99. The molecule has 0 radical (unpaired) electrons. The van der Waals surface area contributed by atoms with Gasteiger partial charge in [-0.3, -0.25) is 4.79 Å². The predicted molar refractivity (Wildman–Crippen MR) is 105 cm³/mol. The lowest BCUT2D eigenvalue weighted by Gasteiger charge is -2.12. The molecule has 0 aliphatic carbocycles. The molecular weight excluding hydrogens is 342 g/mol. The van der Waals surface area contributed by atoms with Crippen LogP contribution in [0.2, 0.25) is 0 Å². The Balaban J connectivity index is 1.88. The van der Waals surface area contributed by atoms with Gasteiger partial charge in [-0.1, -0.05) is 47.6 Å². The maximum absolute atomic E-state index is 12.7. The van der Waals surface area contributed by atoms with E-state index in [0.29, 0.717) is 11.3 Å². The number of oxime groups is 1. The van der Waals surface area contributed by atoms with Crippen molar-refractivity contribution in [1.29, 1.82) is 0 Å². The topological polar surface area (TPSA) is 72.8 Å². The average molecular weight is 361 g/mol. The number of nitrogens with one attached hydrogen (secondary N) is 1. The molecular formula is C21H19N3O3. The van der Waals surface area contributed by atoms with E-state index in [4.69, 9.17) is 9.57 Å². The minimum atomic E-state index is -0.281. The quantitative estimate of drug-likeness (QED) is 0.532. The maximum Gasteiger partial charge on any atom is 0.261 e. The van der Waals surface area contributed by atoms with E-state index in [0.717, 1.165) is 16.7 Å². The molecule has 6 heteroatoms. The number of aromatic nitrogens is 1. The highest BCUT2D eigenvalue weighted by molar-refractivity contribution is 6.07. The Morgan fingerprint density at radius 1 is 1.04 bits per heavy atom. The second-order valence-electron chi connectivity index (χ2n) is 5.60. The van der Waals surface area contributed by atoms with Crippen LogP contribution in [0, 0.1) is 0 Å². The van der Waals surface area contributed by atoms with Crippen LogP contribution in [0.25, 0.3) is 11.1 Å². The lowest BCUT2D eigenvalue weighted by atomic mass is 10.0. The number of carbonyl (C=O) groups is 1. The molecule has 0 bridgehead atoms. The maximum atomic E-state index is 12.7. The van der Waals surface area contributed by atoms with E-state index in [2.05, 4.69) is 15.5 Å². The molecule has 27 heavy (non-hydrogen) atoms. The van der Waals surface area contributed by atoms with Crippen molar-refractivity contribution >= 4 is 17.8 Å². The van der Waals surface area contributed by atoms with Gasteiger partial charge in [-0.15, -0.1) is 0 Å². The Labute approximate surface area is 157 Å². The van der Waals surface area contributed by atoms with Crippen LogP contribution in [-0.4, -0.2) is 31.3 Å². The van der Waals surface area contributed by atoms with Gasteiger partial charge in [0.05, 0.1) is 13.3 Å². The Morgan fingerprint density at radius 2 is 1.81 bits per heavy atom. The zero-order valence-corrected chi connectivity index (χ0v) is 15.0. The molecule has 0 fully saturated rings. The Hall–Kier alpha value is -3.67. The number of hydrogen-bond donors (Lipinski definition) is 1. The van der Waals surface area contributed by atoms with Gasteiger partial charge in [0.15, 0.2) is 0 Å². The molecule has 1 heterocycles. The monoisotopic (exact) mass is 361 g/mol. The van der Waals surface area contributed by atoms with Crippen LogP contribution in [0.5, 0.6) is 5.88 Å². The molecule has 2 aromatic carbocycles. The van der Waals surface area contributed by atoms with E-state index < -0.39 is 0 Å². The van der Waals surface area contributed by atoms with Crippen LogP contribution in [0.3, 0.4) is 0 Å². The van der Waals surface area contributed by atoms with Gasteiger partial charge in [-0.25, -0.2) is 4.98 Å². The summed E-state index contributed by atoms with van der Waals surface area (Å²) < 4.78 is 5.17. The Bertz CT molecular complexity index is 953. The fraction of sp³-hybridized carbons (Fsp3) is 0.0952. The SMILES string of the molecule is CO/N=C/c1ccc(-c2ccccc2NC(=O)c2cccnc2OC)cc1. The second kappa shape index (κ2) is 8.62. The number of carbonyl (C=O) groups excluding carboxylic acids is 1. The first-order valence-corrected chi connectivity index (χ1v) is 8.29. The highest BCUT2D eigenvalue weighted by Gasteiger charge is 2.15. The summed E-state index contributed by atoms with van der Waals surface area (Å²) in [5.74, 6) is 0.00510. The van der Waals surface area contributed by atoms with Crippen LogP contribution in [0.1, 0.15) is 15.9 Å². The highest BCUT2D eigenvalue weighted by Crippen LogP contribution is 2.29. The lowest BCUT2D eigenvalue weighted by molar-refractivity contribution is 0.102. The molecule has 0 saturated heterocycles. The molecule has 6 nitrogen and oxygen atoms in total. The minimum Gasteiger partial charge on any atom is -0.480 e. The van der Waals surface area contributed by atoms with E-state index in [1.807, 2.05) is 48.5 Å². The summed E-state index contributed by atoms with van der Waals surface area (Å²) in [6.07, 6.45) is 3.21. The molecule has 1 aromatic heterocycles. The Kier molecular flexibility index (Phi) is 5.79. The third-order valence-electron chi connectivity index (χ3n) is 3.91. The third kappa shape index (κ3) is 4.30. The molecule has 0 aliphatic heterocycles. The van der Waals surface area contributed by atoms with Gasteiger partial charge in [0.2, 0.25) is 5.88 Å². The van der Waals surface area contributed by atoms with Crippen molar-refractivity contribution < 1.29 is 14.4 Å². The fourth-order valence-electron chi connectivity index (χ4n) is 2.62. The molecule has 0 unspecified atom stereocenters. The highest BCUT2D eigenvalue weighted by atomic mass is 16.6. The molecule has 0 saturated carbocycles. The van der Waals surface area contributed by atoms with Gasteiger partial charge in [0.1, 0.15) is 12.7 Å². The van der Waals surface area contributed by atoms with Gasteiger partial charge in [0, 0.05) is 17.4 Å². The van der Waals surface area contributed by atoms with Crippen LogP contribution in [0.15, 0.2) is 72.0 Å².